The number of halogens is 2. The molecule has 1 unspecified atom stereocenters. The quantitative estimate of drug-likeness (QED) is 0.807. The number of nitrogens with one attached hydrogen (secondary N) is 2. The largest absolute Gasteiger partial charge is 0.435 e. The van der Waals surface area contributed by atoms with E-state index in [1.54, 1.807) is 24.3 Å². The van der Waals surface area contributed by atoms with E-state index in [-0.39, 0.29) is 11.7 Å². The number of hydrogen-bond donors (Lipinski definition) is 2. The molecule has 2 aromatic rings. The molecule has 142 valence electrons. The van der Waals surface area contributed by atoms with Gasteiger partial charge in [0.2, 0.25) is 0 Å². The first-order valence-electron chi connectivity index (χ1n) is 8.40. The van der Waals surface area contributed by atoms with E-state index in [1.165, 1.54) is 24.3 Å². The second-order valence-electron chi connectivity index (χ2n) is 5.93. The lowest BCUT2D eigenvalue weighted by molar-refractivity contribution is -0.124. The summed E-state index contributed by atoms with van der Waals surface area (Å²) in [6.07, 6.45) is 1.17. The lowest BCUT2D eigenvalue weighted by atomic mass is 10.2. The molecule has 27 heavy (non-hydrogen) atoms. The Bertz CT molecular complexity index is 788. The van der Waals surface area contributed by atoms with E-state index >= 15 is 0 Å². The number of benzene rings is 2. The van der Waals surface area contributed by atoms with Crippen molar-refractivity contribution in [2.45, 2.75) is 25.6 Å². The van der Waals surface area contributed by atoms with Crippen molar-refractivity contribution in [3.8, 4) is 5.75 Å². The molecule has 0 spiro atoms. The van der Waals surface area contributed by atoms with Crippen LogP contribution in [0, 0.1) is 0 Å². The summed E-state index contributed by atoms with van der Waals surface area (Å²) in [5.41, 5.74) is 1.43. The topological polar surface area (TPSA) is 76.7 Å². The van der Waals surface area contributed by atoms with Gasteiger partial charge in [-0.1, -0.05) is 0 Å². The van der Waals surface area contributed by atoms with Crippen LogP contribution < -0.4 is 15.4 Å². The molecule has 1 aliphatic rings. The maximum absolute atomic E-state index is 12.2. The molecule has 0 aromatic heterocycles. The van der Waals surface area contributed by atoms with Gasteiger partial charge in [0.1, 0.15) is 11.9 Å². The Balaban J connectivity index is 1.55. The van der Waals surface area contributed by atoms with Crippen LogP contribution in [0.1, 0.15) is 23.2 Å². The molecule has 1 fully saturated rings. The first kappa shape index (κ1) is 18.8. The zero-order valence-electron chi connectivity index (χ0n) is 14.3. The zero-order valence-corrected chi connectivity index (χ0v) is 14.3. The number of ether oxygens (including phenoxy) is 2. The summed E-state index contributed by atoms with van der Waals surface area (Å²) in [7, 11) is 0. The van der Waals surface area contributed by atoms with Crippen molar-refractivity contribution in [3.05, 3.63) is 54.1 Å². The van der Waals surface area contributed by atoms with Crippen molar-refractivity contribution in [2.24, 2.45) is 0 Å². The SMILES string of the molecule is O=C(Nc1ccc(NC(=O)C2CCCO2)cc1)c1ccc(OC(F)F)cc1. The fourth-order valence-corrected chi connectivity index (χ4v) is 2.64. The average molecular weight is 376 g/mol. The number of amides is 2. The van der Waals surface area contributed by atoms with Crippen molar-refractivity contribution in [2.75, 3.05) is 17.2 Å². The Kier molecular flexibility index (Phi) is 5.97. The van der Waals surface area contributed by atoms with Crippen molar-refractivity contribution >= 4 is 23.2 Å². The third-order valence-corrected chi connectivity index (χ3v) is 3.97. The molecule has 0 saturated carbocycles. The number of anilines is 2. The number of hydrogen-bond acceptors (Lipinski definition) is 4. The van der Waals surface area contributed by atoms with Crippen molar-refractivity contribution in [1.29, 1.82) is 0 Å². The van der Waals surface area contributed by atoms with E-state index in [9.17, 15) is 18.4 Å². The van der Waals surface area contributed by atoms with Gasteiger partial charge in [-0.2, -0.15) is 8.78 Å². The second kappa shape index (κ2) is 8.59. The molecule has 0 bridgehead atoms. The molecular formula is C19H18F2N2O4. The predicted octanol–water partition coefficient (Wildman–Crippen LogP) is 3.66. The minimum absolute atomic E-state index is 0.0205. The highest BCUT2D eigenvalue weighted by Crippen LogP contribution is 2.19. The van der Waals surface area contributed by atoms with Gasteiger partial charge in [0.15, 0.2) is 0 Å². The molecule has 0 aliphatic carbocycles. The minimum Gasteiger partial charge on any atom is -0.435 e. The second-order valence-corrected chi connectivity index (χ2v) is 5.93. The van der Waals surface area contributed by atoms with Crippen molar-refractivity contribution in [3.63, 3.8) is 0 Å². The summed E-state index contributed by atoms with van der Waals surface area (Å²) < 4.78 is 33.8. The van der Waals surface area contributed by atoms with E-state index in [0.717, 1.165) is 6.42 Å². The fraction of sp³-hybridized carbons (Fsp3) is 0.263. The van der Waals surface area contributed by atoms with Crippen molar-refractivity contribution < 1.29 is 27.8 Å². The van der Waals surface area contributed by atoms with Gasteiger partial charge in [0, 0.05) is 23.5 Å². The Labute approximate surface area is 154 Å². The Morgan fingerprint density at radius 3 is 2.19 bits per heavy atom. The van der Waals surface area contributed by atoms with Gasteiger partial charge < -0.3 is 20.1 Å². The summed E-state index contributed by atoms with van der Waals surface area (Å²) in [5, 5.41) is 5.45. The van der Waals surface area contributed by atoms with Crippen LogP contribution in [-0.4, -0.2) is 31.1 Å². The molecule has 2 amide bonds. The molecule has 1 heterocycles. The molecule has 3 rings (SSSR count). The predicted molar refractivity (Wildman–Crippen MR) is 95.1 cm³/mol. The maximum Gasteiger partial charge on any atom is 0.387 e. The number of rotatable bonds is 6. The zero-order chi connectivity index (χ0) is 19.2. The van der Waals surface area contributed by atoms with E-state index in [4.69, 9.17) is 4.74 Å². The van der Waals surface area contributed by atoms with Crippen LogP contribution in [0.25, 0.3) is 0 Å². The maximum atomic E-state index is 12.2. The van der Waals surface area contributed by atoms with E-state index in [1.807, 2.05) is 0 Å². The number of alkyl halides is 2. The molecule has 2 aromatic carbocycles. The molecular weight excluding hydrogens is 358 g/mol. The van der Waals surface area contributed by atoms with Crippen LogP contribution in [0.5, 0.6) is 5.75 Å². The Morgan fingerprint density at radius 1 is 1.00 bits per heavy atom. The highest BCUT2D eigenvalue weighted by Gasteiger charge is 2.23. The molecule has 8 heteroatoms. The Morgan fingerprint density at radius 2 is 1.63 bits per heavy atom. The minimum atomic E-state index is -2.91. The summed E-state index contributed by atoms with van der Waals surface area (Å²) in [4.78, 5) is 24.2. The molecule has 1 aliphatic heterocycles. The van der Waals surface area contributed by atoms with Crippen LogP contribution in [-0.2, 0) is 9.53 Å². The average Bonchev–Trinajstić information content (AvgIpc) is 3.18. The summed E-state index contributed by atoms with van der Waals surface area (Å²) in [6, 6.07) is 12.0. The third-order valence-electron chi connectivity index (χ3n) is 3.97. The van der Waals surface area contributed by atoms with E-state index < -0.39 is 18.6 Å². The molecule has 1 atom stereocenters. The highest BCUT2D eigenvalue weighted by molar-refractivity contribution is 6.04. The molecule has 6 nitrogen and oxygen atoms in total. The third kappa shape index (κ3) is 5.24. The normalized spacial score (nSPS) is 16.2. The molecule has 1 saturated heterocycles. The smallest absolute Gasteiger partial charge is 0.387 e. The highest BCUT2D eigenvalue weighted by atomic mass is 19.3. The Hall–Kier alpha value is -3.00. The summed E-state index contributed by atoms with van der Waals surface area (Å²) in [6.45, 7) is -2.32. The van der Waals surface area contributed by atoms with E-state index in [2.05, 4.69) is 15.4 Å². The monoisotopic (exact) mass is 376 g/mol. The van der Waals surface area contributed by atoms with Gasteiger partial charge >= 0.3 is 6.61 Å². The van der Waals surface area contributed by atoms with Gasteiger partial charge in [-0.05, 0) is 61.4 Å². The van der Waals surface area contributed by atoms with Crippen LogP contribution in [0.2, 0.25) is 0 Å². The first-order valence-corrected chi connectivity index (χ1v) is 8.40. The lowest BCUT2D eigenvalue weighted by Crippen LogP contribution is -2.26. The summed E-state index contributed by atoms with van der Waals surface area (Å²) >= 11 is 0. The first-order chi connectivity index (χ1) is 13.0. The number of carbonyl (C=O) groups excluding carboxylic acids is 2. The lowest BCUT2D eigenvalue weighted by Gasteiger charge is -2.11. The van der Waals surface area contributed by atoms with Crippen molar-refractivity contribution in [1.82, 2.24) is 0 Å². The van der Waals surface area contributed by atoms with Crippen LogP contribution in [0.3, 0.4) is 0 Å². The summed E-state index contributed by atoms with van der Waals surface area (Å²) in [5.74, 6) is -0.599. The van der Waals surface area contributed by atoms with Gasteiger partial charge in [-0.25, -0.2) is 0 Å². The molecule has 0 radical (unpaired) electrons. The van der Waals surface area contributed by atoms with Gasteiger partial charge in [-0.15, -0.1) is 0 Å². The van der Waals surface area contributed by atoms with Crippen LogP contribution in [0.15, 0.2) is 48.5 Å². The standard InChI is InChI=1S/C19H18F2N2O4/c20-19(21)27-15-9-3-12(4-10-15)17(24)22-13-5-7-14(8-6-13)23-18(25)16-2-1-11-26-16/h3-10,16,19H,1-2,11H2,(H,22,24)(H,23,25). The van der Waals surface area contributed by atoms with E-state index in [0.29, 0.717) is 30.0 Å². The fourth-order valence-electron chi connectivity index (χ4n) is 2.64. The van der Waals surface area contributed by atoms with Gasteiger partial charge in [0.05, 0.1) is 0 Å². The van der Waals surface area contributed by atoms with Gasteiger partial charge in [0.25, 0.3) is 11.8 Å². The number of carbonyl (C=O) groups is 2. The van der Waals surface area contributed by atoms with Gasteiger partial charge in [-0.3, -0.25) is 9.59 Å². The van der Waals surface area contributed by atoms with Crippen LogP contribution >= 0.6 is 0 Å². The van der Waals surface area contributed by atoms with Crippen LogP contribution in [0.4, 0.5) is 20.2 Å². The molecule has 2 N–H and O–H groups in total.